The van der Waals surface area contributed by atoms with Crippen LogP contribution in [0.15, 0.2) is 34.6 Å². The van der Waals surface area contributed by atoms with Crippen LogP contribution < -0.4 is 16.0 Å². The Morgan fingerprint density at radius 1 is 1.40 bits per heavy atom. The van der Waals surface area contributed by atoms with Crippen molar-refractivity contribution in [3.63, 3.8) is 0 Å². The van der Waals surface area contributed by atoms with E-state index in [1.165, 1.54) is 12.1 Å². The third-order valence-corrected chi connectivity index (χ3v) is 4.73. The van der Waals surface area contributed by atoms with Gasteiger partial charge in [0, 0.05) is 47.0 Å². The number of rotatable bonds is 3. The van der Waals surface area contributed by atoms with E-state index in [4.69, 9.17) is 5.73 Å². The van der Waals surface area contributed by atoms with Crippen molar-refractivity contribution in [1.29, 1.82) is 0 Å². The summed E-state index contributed by atoms with van der Waals surface area (Å²) in [4.78, 5) is 17.9. The summed E-state index contributed by atoms with van der Waals surface area (Å²) >= 11 is 3.35. The Kier molecular flexibility index (Phi) is 4.61. The number of anilines is 3. The van der Waals surface area contributed by atoms with E-state index in [1.54, 1.807) is 13.2 Å². The van der Waals surface area contributed by atoms with Gasteiger partial charge in [-0.3, -0.25) is 0 Å². The number of nitrogens with two attached hydrogens (primary N) is 1. The van der Waals surface area contributed by atoms with Crippen molar-refractivity contribution < 1.29 is 9.18 Å². The fraction of sp³-hybridized carbons (Fsp3) is 0.167. The van der Waals surface area contributed by atoms with Crippen molar-refractivity contribution in [2.75, 3.05) is 29.5 Å². The Hall–Kier alpha value is -2.63. The molecule has 2 heterocycles. The van der Waals surface area contributed by atoms with Crippen LogP contribution in [-0.2, 0) is 4.79 Å². The lowest BCUT2D eigenvalue weighted by molar-refractivity contribution is 0.567. The van der Waals surface area contributed by atoms with Gasteiger partial charge < -0.3 is 16.0 Å². The minimum Gasteiger partial charge on any atom is -0.396 e. The molecule has 7 heteroatoms. The predicted octanol–water partition coefficient (Wildman–Crippen LogP) is 3.70. The van der Waals surface area contributed by atoms with Gasteiger partial charge in [-0.1, -0.05) is 15.9 Å². The number of likely N-dealkylation sites (N-methyl/N-ethyl adjacent to an activating group) is 1. The first-order chi connectivity index (χ1) is 12.0. The largest absolute Gasteiger partial charge is 0.396 e. The number of carbonyl (C=O) groups excluding carboxylic acids is 1. The lowest BCUT2D eigenvalue weighted by atomic mass is 9.94. The Morgan fingerprint density at radius 2 is 2.16 bits per heavy atom. The molecule has 3 rings (SSSR count). The van der Waals surface area contributed by atoms with Gasteiger partial charge in [-0.15, -0.1) is 0 Å². The second kappa shape index (κ2) is 6.70. The summed E-state index contributed by atoms with van der Waals surface area (Å²) in [6.45, 7) is 2.51. The summed E-state index contributed by atoms with van der Waals surface area (Å²) in [5, 5.41) is 2.99. The molecule has 1 aromatic heterocycles. The van der Waals surface area contributed by atoms with Gasteiger partial charge in [0.25, 0.3) is 0 Å². The van der Waals surface area contributed by atoms with Gasteiger partial charge in [-0.05, 0) is 25.1 Å². The van der Waals surface area contributed by atoms with Gasteiger partial charge in [0.2, 0.25) is 0 Å². The molecule has 1 aliphatic rings. The molecule has 0 unspecified atom stereocenters. The summed E-state index contributed by atoms with van der Waals surface area (Å²) in [6, 6.07) is 4.68. The Labute approximate surface area is 153 Å². The third kappa shape index (κ3) is 2.92. The molecule has 1 aromatic carbocycles. The molecule has 0 bridgehead atoms. The van der Waals surface area contributed by atoms with Gasteiger partial charge >= 0.3 is 0 Å². The van der Waals surface area contributed by atoms with Crippen LogP contribution in [-0.4, -0.2) is 24.5 Å². The Balaban J connectivity index is 2.27. The van der Waals surface area contributed by atoms with E-state index in [9.17, 15) is 9.18 Å². The molecular formula is C18H16BrFN4O. The summed E-state index contributed by atoms with van der Waals surface area (Å²) in [5.74, 6) is 2.20. The number of allylic oxidation sites excluding steroid dienone is 1. The summed E-state index contributed by atoms with van der Waals surface area (Å²) < 4.78 is 14.2. The van der Waals surface area contributed by atoms with E-state index in [1.807, 2.05) is 29.9 Å². The number of fused-ring (bicyclic) bond motifs is 1. The molecule has 25 heavy (non-hydrogen) atoms. The van der Waals surface area contributed by atoms with Crippen LogP contribution in [0.3, 0.4) is 0 Å². The SMILES string of the molecule is CCN1C(=C=O)C(c2cc(N)c(F)cc2Br)=Cc2cnc(NC)cc21. The number of pyridine rings is 1. The van der Waals surface area contributed by atoms with Gasteiger partial charge in [-0.2, -0.15) is 0 Å². The van der Waals surface area contributed by atoms with E-state index in [0.717, 1.165) is 11.3 Å². The first kappa shape index (κ1) is 17.2. The predicted molar refractivity (Wildman–Crippen MR) is 102 cm³/mol. The Morgan fingerprint density at radius 3 is 2.80 bits per heavy atom. The number of nitrogens with one attached hydrogen (secondary N) is 1. The van der Waals surface area contributed by atoms with Crippen molar-refractivity contribution in [2.24, 2.45) is 0 Å². The van der Waals surface area contributed by atoms with Crippen LogP contribution in [0.2, 0.25) is 0 Å². The fourth-order valence-electron chi connectivity index (χ4n) is 2.84. The van der Waals surface area contributed by atoms with Crippen molar-refractivity contribution in [3.8, 4) is 0 Å². The molecule has 5 nitrogen and oxygen atoms in total. The number of halogens is 2. The smallest absolute Gasteiger partial charge is 0.151 e. The zero-order chi connectivity index (χ0) is 18.1. The highest BCUT2D eigenvalue weighted by Gasteiger charge is 2.26. The van der Waals surface area contributed by atoms with E-state index in [2.05, 4.69) is 26.2 Å². The van der Waals surface area contributed by atoms with E-state index in [-0.39, 0.29) is 5.69 Å². The zero-order valence-electron chi connectivity index (χ0n) is 13.7. The second-order valence-electron chi connectivity index (χ2n) is 5.48. The summed E-state index contributed by atoms with van der Waals surface area (Å²) in [5.41, 5.74) is 9.05. The third-order valence-electron chi connectivity index (χ3n) is 4.07. The van der Waals surface area contributed by atoms with E-state index < -0.39 is 5.82 Å². The number of hydrogen-bond donors (Lipinski definition) is 2. The second-order valence-corrected chi connectivity index (χ2v) is 6.34. The molecule has 1 aliphatic heterocycles. The Bertz CT molecular complexity index is 935. The molecular weight excluding hydrogens is 387 g/mol. The number of aromatic nitrogens is 1. The molecule has 0 aliphatic carbocycles. The standard InChI is InChI=1S/C18H16BrFN4O/c1-3-24-16-7-18(22-2)23-8-10(16)4-12(17(24)9-25)11-5-15(21)14(20)6-13(11)19/h4-8H,3,21H2,1-2H3,(H,22,23). The lowest BCUT2D eigenvalue weighted by Gasteiger charge is -2.31. The monoisotopic (exact) mass is 402 g/mol. The van der Waals surface area contributed by atoms with Crippen LogP contribution in [0.4, 0.5) is 21.6 Å². The summed E-state index contributed by atoms with van der Waals surface area (Å²) in [6.07, 6.45) is 3.57. The van der Waals surface area contributed by atoms with Gasteiger partial charge in [0.05, 0.1) is 11.4 Å². The maximum absolute atomic E-state index is 13.7. The lowest BCUT2D eigenvalue weighted by Crippen LogP contribution is -2.27. The molecule has 128 valence electrons. The van der Waals surface area contributed by atoms with Crippen LogP contribution in [0.1, 0.15) is 18.1 Å². The van der Waals surface area contributed by atoms with Crippen molar-refractivity contribution in [3.05, 3.63) is 51.5 Å². The highest BCUT2D eigenvalue weighted by molar-refractivity contribution is 9.10. The quantitative estimate of drug-likeness (QED) is 0.604. The van der Waals surface area contributed by atoms with E-state index in [0.29, 0.717) is 33.7 Å². The molecule has 0 fully saturated rings. The molecule has 0 radical (unpaired) electrons. The van der Waals surface area contributed by atoms with Gasteiger partial charge in [0.15, 0.2) is 5.94 Å². The number of nitrogens with zero attached hydrogens (tertiary/aromatic N) is 2. The highest BCUT2D eigenvalue weighted by Crippen LogP contribution is 2.41. The first-order valence-electron chi connectivity index (χ1n) is 7.67. The van der Waals surface area contributed by atoms with Crippen LogP contribution in [0.5, 0.6) is 0 Å². The maximum atomic E-state index is 13.7. The molecule has 0 saturated heterocycles. The van der Waals surface area contributed by atoms with Gasteiger partial charge in [0.1, 0.15) is 17.3 Å². The molecule has 3 N–H and O–H groups in total. The molecule has 0 saturated carbocycles. The maximum Gasteiger partial charge on any atom is 0.151 e. The number of benzene rings is 1. The van der Waals surface area contributed by atoms with Gasteiger partial charge in [-0.25, -0.2) is 14.2 Å². The minimum atomic E-state index is -0.517. The van der Waals surface area contributed by atoms with Crippen molar-refractivity contribution in [1.82, 2.24) is 4.98 Å². The zero-order valence-corrected chi connectivity index (χ0v) is 15.3. The molecule has 0 amide bonds. The number of hydrogen-bond acceptors (Lipinski definition) is 5. The van der Waals surface area contributed by atoms with Crippen molar-refractivity contribution in [2.45, 2.75) is 6.92 Å². The van der Waals surface area contributed by atoms with Crippen LogP contribution >= 0.6 is 15.9 Å². The van der Waals surface area contributed by atoms with Crippen LogP contribution in [0, 0.1) is 5.82 Å². The van der Waals surface area contributed by atoms with Crippen molar-refractivity contribution >= 4 is 50.7 Å². The summed E-state index contributed by atoms with van der Waals surface area (Å²) in [7, 11) is 1.78. The minimum absolute atomic E-state index is 0.0156. The topological polar surface area (TPSA) is 71.2 Å². The molecule has 0 atom stereocenters. The molecule has 0 spiro atoms. The number of nitrogen functional groups attached to an aromatic ring is 1. The van der Waals surface area contributed by atoms with Crippen LogP contribution in [0.25, 0.3) is 11.6 Å². The average Bonchev–Trinajstić information content (AvgIpc) is 2.62. The molecule has 2 aromatic rings. The highest BCUT2D eigenvalue weighted by atomic mass is 79.9. The first-order valence-corrected chi connectivity index (χ1v) is 8.46. The van der Waals surface area contributed by atoms with E-state index >= 15 is 0 Å². The normalized spacial score (nSPS) is 13.2. The average molecular weight is 403 g/mol. The fourth-order valence-corrected chi connectivity index (χ4v) is 3.37.